The Labute approximate surface area is 111 Å². The fourth-order valence-electron chi connectivity index (χ4n) is 1.18. The minimum Gasteiger partial charge on any atom is -0.478 e. The van der Waals surface area contributed by atoms with Crippen LogP contribution in [0.5, 0.6) is 0 Å². The number of benzene rings is 1. The lowest BCUT2D eigenvalue weighted by Crippen LogP contribution is -2.04. The molecule has 2 aromatic rings. The maximum absolute atomic E-state index is 11.9. The third kappa shape index (κ3) is 4.30. The minimum absolute atomic E-state index is 0.120. The van der Waals surface area contributed by atoms with Gasteiger partial charge in [-0.15, -0.1) is 0 Å². The number of anilines is 1. The molecular formula is C12H11F3N2O3. The summed E-state index contributed by atoms with van der Waals surface area (Å²) in [4.78, 5) is 10.2. The highest BCUT2D eigenvalue weighted by Crippen LogP contribution is 2.29. The first-order valence-corrected chi connectivity index (χ1v) is 5.29. The zero-order chi connectivity index (χ0) is 15.3. The number of nitrogens with zero attached hydrogens (tertiary/aromatic N) is 1. The first kappa shape index (κ1) is 15.5. The van der Waals surface area contributed by atoms with Gasteiger partial charge >= 0.3 is 12.1 Å². The molecule has 2 rings (SSSR count). The zero-order valence-electron chi connectivity index (χ0n) is 10.3. The molecule has 0 radical (unpaired) electrons. The summed E-state index contributed by atoms with van der Waals surface area (Å²) in [5.41, 5.74) is 4.98. The Morgan fingerprint density at radius 2 is 1.85 bits per heavy atom. The van der Waals surface area contributed by atoms with E-state index in [4.69, 9.17) is 10.8 Å². The molecule has 0 aliphatic heterocycles. The van der Waals surface area contributed by atoms with Crippen LogP contribution in [0, 0.1) is 6.92 Å². The summed E-state index contributed by atoms with van der Waals surface area (Å²) in [6.45, 7) is 1.55. The van der Waals surface area contributed by atoms with E-state index in [9.17, 15) is 18.0 Å². The van der Waals surface area contributed by atoms with Crippen molar-refractivity contribution in [1.82, 2.24) is 5.16 Å². The quantitative estimate of drug-likeness (QED) is 0.787. The van der Waals surface area contributed by atoms with Gasteiger partial charge in [0, 0.05) is 5.69 Å². The van der Waals surface area contributed by atoms with E-state index in [1.807, 2.05) is 0 Å². The fraction of sp³-hybridized carbons (Fsp3) is 0.167. The number of aromatic carboxylic acids is 1. The number of carboxylic acids is 1. The maximum atomic E-state index is 11.9. The molecule has 0 spiro atoms. The van der Waals surface area contributed by atoms with E-state index in [1.165, 1.54) is 18.3 Å². The van der Waals surface area contributed by atoms with Crippen molar-refractivity contribution in [3.63, 3.8) is 0 Å². The Hall–Kier alpha value is -2.51. The van der Waals surface area contributed by atoms with E-state index in [1.54, 1.807) is 6.92 Å². The summed E-state index contributed by atoms with van der Waals surface area (Å²) in [7, 11) is 0. The third-order valence-electron chi connectivity index (χ3n) is 2.22. The number of nitrogens with two attached hydrogens (primary N) is 1. The molecule has 0 saturated carbocycles. The van der Waals surface area contributed by atoms with Crippen LogP contribution < -0.4 is 5.73 Å². The fourth-order valence-corrected chi connectivity index (χ4v) is 1.18. The molecule has 0 bridgehead atoms. The number of hydrogen-bond donors (Lipinski definition) is 2. The van der Waals surface area contributed by atoms with Gasteiger partial charge in [-0.1, -0.05) is 5.16 Å². The average molecular weight is 288 g/mol. The van der Waals surface area contributed by atoms with E-state index in [0.29, 0.717) is 11.4 Å². The highest BCUT2D eigenvalue weighted by molar-refractivity contribution is 5.88. The van der Waals surface area contributed by atoms with E-state index < -0.39 is 17.7 Å². The molecule has 0 aliphatic carbocycles. The van der Waals surface area contributed by atoms with Crippen LogP contribution in [-0.4, -0.2) is 16.2 Å². The average Bonchev–Trinajstić information content (AvgIpc) is 2.76. The van der Waals surface area contributed by atoms with Gasteiger partial charge in [0.25, 0.3) is 0 Å². The molecule has 3 N–H and O–H groups in total. The molecule has 0 saturated heterocycles. The van der Waals surface area contributed by atoms with Gasteiger partial charge in [0.15, 0.2) is 0 Å². The number of carbonyl (C=O) groups is 1. The van der Waals surface area contributed by atoms with Gasteiger partial charge < -0.3 is 15.4 Å². The molecule has 20 heavy (non-hydrogen) atoms. The summed E-state index contributed by atoms with van der Waals surface area (Å²) in [6.07, 6.45) is -3.09. The molecule has 1 aromatic carbocycles. The zero-order valence-corrected chi connectivity index (χ0v) is 10.3. The molecule has 0 aliphatic rings. The van der Waals surface area contributed by atoms with Crippen LogP contribution in [0.25, 0.3) is 0 Å². The number of halogens is 3. The molecular weight excluding hydrogens is 277 g/mol. The second-order valence-corrected chi connectivity index (χ2v) is 3.72. The van der Waals surface area contributed by atoms with E-state index >= 15 is 0 Å². The first-order chi connectivity index (χ1) is 9.21. The lowest BCUT2D eigenvalue weighted by Gasteiger charge is -2.05. The van der Waals surface area contributed by atoms with E-state index in [2.05, 4.69) is 9.68 Å². The van der Waals surface area contributed by atoms with Crippen molar-refractivity contribution < 1.29 is 27.6 Å². The molecule has 0 atom stereocenters. The van der Waals surface area contributed by atoms with Crippen LogP contribution in [0.3, 0.4) is 0 Å². The van der Waals surface area contributed by atoms with Crippen molar-refractivity contribution in [2.24, 2.45) is 0 Å². The van der Waals surface area contributed by atoms with Crippen molar-refractivity contribution in [2.75, 3.05) is 5.73 Å². The van der Waals surface area contributed by atoms with Crippen molar-refractivity contribution in [2.45, 2.75) is 13.1 Å². The van der Waals surface area contributed by atoms with Crippen LogP contribution >= 0.6 is 0 Å². The predicted octanol–water partition coefficient (Wildman–Crippen LogP) is 2.97. The summed E-state index contributed by atoms with van der Waals surface area (Å²) < 4.78 is 40.1. The summed E-state index contributed by atoms with van der Waals surface area (Å²) in [5.74, 6) is -0.670. The summed E-state index contributed by atoms with van der Waals surface area (Å²) in [5, 5.41) is 11.6. The SMILES string of the molecule is Cc1oncc1C(=O)O.Nc1ccc(C(F)(F)F)cc1. The first-order valence-electron chi connectivity index (χ1n) is 5.29. The van der Waals surface area contributed by atoms with E-state index in [0.717, 1.165) is 12.1 Å². The molecule has 0 fully saturated rings. The lowest BCUT2D eigenvalue weighted by atomic mass is 10.2. The highest BCUT2D eigenvalue weighted by atomic mass is 19.4. The largest absolute Gasteiger partial charge is 0.478 e. The van der Waals surface area contributed by atoms with Crippen molar-refractivity contribution in [1.29, 1.82) is 0 Å². The second kappa shape index (κ2) is 6.09. The number of alkyl halides is 3. The minimum atomic E-state index is -4.27. The van der Waals surface area contributed by atoms with Crippen molar-refractivity contribution in [3.8, 4) is 0 Å². The molecule has 1 heterocycles. The standard InChI is InChI=1S/C7H6F3N.C5H5NO3/c8-7(9,10)5-1-3-6(11)4-2-5;1-3-4(5(7)8)2-6-9-3/h1-4H,11H2;2H,1H3,(H,7,8). The lowest BCUT2D eigenvalue weighted by molar-refractivity contribution is -0.137. The van der Waals surface area contributed by atoms with Gasteiger partial charge in [-0.3, -0.25) is 0 Å². The van der Waals surface area contributed by atoms with Gasteiger partial charge in [-0.2, -0.15) is 13.2 Å². The number of rotatable bonds is 1. The topological polar surface area (TPSA) is 89.3 Å². The van der Waals surface area contributed by atoms with Gasteiger partial charge in [0.2, 0.25) is 0 Å². The van der Waals surface area contributed by atoms with Gasteiger partial charge in [0.1, 0.15) is 11.3 Å². The Morgan fingerprint density at radius 3 is 2.15 bits per heavy atom. The van der Waals surface area contributed by atoms with Crippen LogP contribution in [0.4, 0.5) is 18.9 Å². The number of carboxylic acid groups (broad SMARTS) is 1. The second-order valence-electron chi connectivity index (χ2n) is 3.72. The number of nitrogen functional groups attached to an aromatic ring is 1. The van der Waals surface area contributed by atoms with Crippen LogP contribution in [0.1, 0.15) is 21.7 Å². The smallest absolute Gasteiger partial charge is 0.416 e. The van der Waals surface area contributed by atoms with Crippen LogP contribution in [0.2, 0.25) is 0 Å². The summed E-state index contributed by atoms with van der Waals surface area (Å²) in [6, 6.07) is 4.36. The van der Waals surface area contributed by atoms with Crippen LogP contribution in [-0.2, 0) is 6.18 Å². The maximum Gasteiger partial charge on any atom is 0.416 e. The number of aromatic nitrogens is 1. The Kier molecular flexibility index (Phi) is 4.73. The Balaban J connectivity index is 0.000000204. The normalized spacial score (nSPS) is 10.6. The molecule has 1 aromatic heterocycles. The van der Waals surface area contributed by atoms with Crippen LogP contribution in [0.15, 0.2) is 35.0 Å². The Bertz CT molecular complexity index is 576. The number of aryl methyl sites for hydroxylation is 1. The number of hydrogen-bond acceptors (Lipinski definition) is 4. The van der Waals surface area contributed by atoms with Gasteiger partial charge in [-0.25, -0.2) is 4.79 Å². The molecule has 108 valence electrons. The van der Waals surface area contributed by atoms with Crippen molar-refractivity contribution in [3.05, 3.63) is 47.3 Å². The predicted molar refractivity (Wildman–Crippen MR) is 64.1 cm³/mol. The van der Waals surface area contributed by atoms with Crippen molar-refractivity contribution >= 4 is 11.7 Å². The summed E-state index contributed by atoms with van der Waals surface area (Å²) >= 11 is 0. The third-order valence-corrected chi connectivity index (χ3v) is 2.22. The van der Waals surface area contributed by atoms with Gasteiger partial charge in [-0.05, 0) is 31.2 Å². The highest BCUT2D eigenvalue weighted by Gasteiger charge is 2.29. The van der Waals surface area contributed by atoms with Gasteiger partial charge in [0.05, 0.1) is 11.8 Å². The molecule has 0 unspecified atom stereocenters. The van der Waals surface area contributed by atoms with E-state index in [-0.39, 0.29) is 5.56 Å². The Morgan fingerprint density at radius 1 is 1.30 bits per heavy atom. The monoisotopic (exact) mass is 288 g/mol. The molecule has 5 nitrogen and oxygen atoms in total. The molecule has 8 heteroatoms. The molecule has 0 amide bonds.